The van der Waals surface area contributed by atoms with E-state index in [-0.39, 0.29) is 31.1 Å². The van der Waals surface area contributed by atoms with Gasteiger partial charge >= 0.3 is 17.9 Å². The van der Waals surface area contributed by atoms with Gasteiger partial charge in [0.05, 0.1) is 0 Å². The van der Waals surface area contributed by atoms with E-state index in [9.17, 15) is 14.4 Å². The number of rotatable bonds is 62. The molecule has 6 heteroatoms. The Labute approximate surface area is 490 Å². The van der Waals surface area contributed by atoms with Crippen molar-refractivity contribution in [1.82, 2.24) is 0 Å². The van der Waals surface area contributed by atoms with Gasteiger partial charge in [0.25, 0.3) is 0 Å². The lowest BCUT2D eigenvalue weighted by molar-refractivity contribution is -0.167. The molecule has 456 valence electrons. The Hall–Kier alpha value is -3.41. The molecule has 0 fully saturated rings. The fraction of sp³-hybridized carbons (Fsp3) is 0.767. The van der Waals surface area contributed by atoms with Gasteiger partial charge in [-0.3, -0.25) is 14.4 Å². The molecule has 79 heavy (non-hydrogen) atoms. The van der Waals surface area contributed by atoms with Crippen LogP contribution >= 0.6 is 0 Å². The van der Waals surface area contributed by atoms with Crippen molar-refractivity contribution < 1.29 is 28.6 Å². The molecular formula is C73H128O6. The maximum atomic E-state index is 12.9. The summed E-state index contributed by atoms with van der Waals surface area (Å²) in [7, 11) is 0. The molecule has 1 unspecified atom stereocenters. The second-order valence-corrected chi connectivity index (χ2v) is 22.7. The fourth-order valence-electron chi connectivity index (χ4n) is 9.80. The van der Waals surface area contributed by atoms with E-state index in [0.29, 0.717) is 19.3 Å². The third kappa shape index (κ3) is 65.3. The lowest BCUT2D eigenvalue weighted by Crippen LogP contribution is -2.30. The number of carbonyl (C=O) groups excluding carboxylic acids is 3. The van der Waals surface area contributed by atoms with Gasteiger partial charge in [-0.25, -0.2) is 0 Å². The summed E-state index contributed by atoms with van der Waals surface area (Å²) in [6, 6.07) is 0. The quantitative estimate of drug-likeness (QED) is 0.0261. The van der Waals surface area contributed by atoms with Crippen molar-refractivity contribution in [2.45, 2.75) is 348 Å². The number of carbonyl (C=O) groups is 3. The minimum absolute atomic E-state index is 0.0730. The van der Waals surface area contributed by atoms with Crippen LogP contribution in [0.3, 0.4) is 0 Å². The molecule has 0 aromatic carbocycles. The molecule has 0 rings (SSSR count). The zero-order valence-corrected chi connectivity index (χ0v) is 52.4. The van der Waals surface area contributed by atoms with Gasteiger partial charge in [0, 0.05) is 19.3 Å². The van der Waals surface area contributed by atoms with Crippen LogP contribution in [0.2, 0.25) is 0 Å². The second-order valence-electron chi connectivity index (χ2n) is 22.7. The van der Waals surface area contributed by atoms with Gasteiger partial charge in [0.15, 0.2) is 6.10 Å². The monoisotopic (exact) mass is 1100 g/mol. The molecule has 0 N–H and O–H groups in total. The minimum Gasteiger partial charge on any atom is -0.462 e. The van der Waals surface area contributed by atoms with Gasteiger partial charge in [-0.2, -0.15) is 0 Å². The van der Waals surface area contributed by atoms with Crippen molar-refractivity contribution >= 4 is 17.9 Å². The van der Waals surface area contributed by atoms with E-state index in [1.807, 2.05) is 0 Å². The molecule has 0 aliphatic heterocycles. The largest absolute Gasteiger partial charge is 0.462 e. The maximum Gasteiger partial charge on any atom is 0.306 e. The maximum absolute atomic E-state index is 12.9. The molecular weight excluding hydrogens is 973 g/mol. The van der Waals surface area contributed by atoms with Crippen LogP contribution in [-0.2, 0) is 28.6 Å². The summed E-state index contributed by atoms with van der Waals surface area (Å²) in [6.45, 7) is 6.52. The third-order valence-corrected chi connectivity index (χ3v) is 14.9. The van der Waals surface area contributed by atoms with Crippen molar-refractivity contribution in [3.8, 4) is 0 Å². The number of allylic oxidation sites excluding steroid dienone is 14. The summed E-state index contributed by atoms with van der Waals surface area (Å²) in [5.41, 5.74) is 0. The first-order chi connectivity index (χ1) is 39.0. The topological polar surface area (TPSA) is 78.9 Å². The Morgan fingerprint density at radius 2 is 0.494 bits per heavy atom. The van der Waals surface area contributed by atoms with Crippen LogP contribution in [0.25, 0.3) is 0 Å². The first-order valence-corrected chi connectivity index (χ1v) is 34.1. The van der Waals surface area contributed by atoms with E-state index in [0.717, 1.165) is 96.3 Å². The first kappa shape index (κ1) is 75.6. The Kier molecular flexibility index (Phi) is 64.2. The number of ether oxygens (including phenoxy) is 3. The summed E-state index contributed by atoms with van der Waals surface area (Å²) in [5, 5.41) is 0. The Morgan fingerprint density at radius 1 is 0.266 bits per heavy atom. The number of esters is 3. The van der Waals surface area contributed by atoms with Crippen molar-refractivity contribution in [1.29, 1.82) is 0 Å². The Morgan fingerprint density at radius 3 is 0.797 bits per heavy atom. The van der Waals surface area contributed by atoms with Crippen LogP contribution in [0.4, 0.5) is 0 Å². The molecule has 0 amide bonds. The molecule has 0 heterocycles. The predicted octanol–water partition coefficient (Wildman–Crippen LogP) is 23.4. The summed E-state index contributed by atoms with van der Waals surface area (Å²) < 4.78 is 16.9. The van der Waals surface area contributed by atoms with Gasteiger partial charge in [-0.15, -0.1) is 0 Å². The number of hydrogen-bond donors (Lipinski definition) is 0. The summed E-state index contributed by atoms with van der Waals surface area (Å²) in [5.74, 6) is -0.863. The van der Waals surface area contributed by atoms with E-state index >= 15 is 0 Å². The van der Waals surface area contributed by atoms with Gasteiger partial charge in [0.2, 0.25) is 0 Å². The molecule has 6 nitrogen and oxygen atoms in total. The SMILES string of the molecule is CC/C=C\C/C=C\C/C=C\C/C=C\C/C=C\CCCCCCCCCCCCCCCCCCCC(=O)OCC(COC(=O)CCCCCCCCCCC)OC(=O)CCCCCCCCCCC/C=C\C/C=C\CCCCC. The average Bonchev–Trinajstić information content (AvgIpc) is 3.45. The van der Waals surface area contributed by atoms with E-state index < -0.39 is 6.10 Å². The zero-order chi connectivity index (χ0) is 57.1. The third-order valence-electron chi connectivity index (χ3n) is 14.9. The molecule has 0 aliphatic carbocycles. The molecule has 0 saturated carbocycles. The molecule has 0 bridgehead atoms. The minimum atomic E-state index is -0.775. The van der Waals surface area contributed by atoms with Crippen LogP contribution in [0.1, 0.15) is 342 Å². The fourth-order valence-corrected chi connectivity index (χ4v) is 9.80. The Bertz CT molecular complexity index is 1500. The van der Waals surface area contributed by atoms with E-state index in [1.165, 1.54) is 205 Å². The highest BCUT2D eigenvalue weighted by Gasteiger charge is 2.19. The van der Waals surface area contributed by atoms with Crippen LogP contribution in [0, 0.1) is 0 Å². The van der Waals surface area contributed by atoms with Crippen LogP contribution in [-0.4, -0.2) is 37.2 Å². The summed E-state index contributed by atoms with van der Waals surface area (Å²) in [6.07, 6.45) is 89.0. The predicted molar refractivity (Wildman–Crippen MR) is 344 cm³/mol. The smallest absolute Gasteiger partial charge is 0.306 e. The molecule has 0 aromatic rings. The van der Waals surface area contributed by atoms with Gasteiger partial charge in [0.1, 0.15) is 13.2 Å². The lowest BCUT2D eigenvalue weighted by Gasteiger charge is -2.18. The standard InChI is InChI=1S/C73H128O6/c1-4-7-10-13-16-19-21-23-25-27-29-30-31-32-33-34-35-36-37-38-39-40-41-42-44-45-47-49-51-54-57-60-63-66-72(75)78-69-70(68-77-71(74)65-62-59-56-53-18-15-12-9-6-3)79-73(76)67-64-61-58-55-52-50-48-46-43-28-26-24-22-20-17-14-11-8-5-2/h7,10,16-17,19-20,23-26,29-30,32-33,70H,4-6,8-9,11-15,18,21-22,27-28,31,34-69H2,1-3H3/b10-7-,19-16-,20-17-,25-23-,26-24-,30-29-,33-32-. The molecule has 0 saturated heterocycles. The van der Waals surface area contributed by atoms with E-state index in [2.05, 4.69) is 106 Å². The highest BCUT2D eigenvalue weighted by atomic mass is 16.6. The molecule has 0 aliphatic rings. The number of hydrogen-bond acceptors (Lipinski definition) is 6. The van der Waals surface area contributed by atoms with Crippen molar-refractivity contribution in [3.63, 3.8) is 0 Å². The average molecular weight is 1100 g/mol. The van der Waals surface area contributed by atoms with Gasteiger partial charge < -0.3 is 14.2 Å². The van der Waals surface area contributed by atoms with E-state index in [4.69, 9.17) is 14.2 Å². The van der Waals surface area contributed by atoms with Gasteiger partial charge in [-0.1, -0.05) is 311 Å². The molecule has 0 spiro atoms. The zero-order valence-electron chi connectivity index (χ0n) is 52.4. The van der Waals surface area contributed by atoms with Crippen LogP contribution < -0.4 is 0 Å². The molecule has 0 radical (unpaired) electrons. The highest BCUT2D eigenvalue weighted by molar-refractivity contribution is 5.71. The van der Waals surface area contributed by atoms with Crippen molar-refractivity contribution in [2.24, 2.45) is 0 Å². The first-order valence-electron chi connectivity index (χ1n) is 34.1. The normalized spacial score (nSPS) is 12.6. The second kappa shape index (κ2) is 67.1. The van der Waals surface area contributed by atoms with Crippen molar-refractivity contribution in [3.05, 3.63) is 85.1 Å². The lowest BCUT2D eigenvalue weighted by atomic mass is 10.0. The molecule has 0 aromatic heterocycles. The summed E-state index contributed by atoms with van der Waals surface area (Å²) in [4.78, 5) is 38.2. The van der Waals surface area contributed by atoms with Crippen LogP contribution in [0.5, 0.6) is 0 Å². The Balaban J connectivity index is 4.09. The molecule has 1 atom stereocenters. The van der Waals surface area contributed by atoms with Gasteiger partial charge in [-0.05, 0) is 96.3 Å². The summed E-state index contributed by atoms with van der Waals surface area (Å²) >= 11 is 0. The number of unbranched alkanes of at least 4 members (excludes halogenated alkanes) is 37. The van der Waals surface area contributed by atoms with Crippen LogP contribution in [0.15, 0.2) is 85.1 Å². The van der Waals surface area contributed by atoms with Crippen molar-refractivity contribution in [2.75, 3.05) is 13.2 Å². The highest BCUT2D eigenvalue weighted by Crippen LogP contribution is 2.17. The van der Waals surface area contributed by atoms with E-state index in [1.54, 1.807) is 0 Å².